The standard InChI is InChI=1S/C23H27NO5S/c1-3-4-5-6-20(27)24-16-9-7-13-11-18(26)22(28)23(29)21(13)14-8-10-19(30-2)17(25)12-15(14)16/h8,10-12,16,26,28-29H,3-7,9H2,1-2H3,(H,24,27)/t16-/m0/s1. The molecule has 0 heterocycles. The molecule has 4 N–H and O–H groups in total. The zero-order chi connectivity index (χ0) is 21.8. The number of phenols is 3. The average molecular weight is 430 g/mol. The summed E-state index contributed by atoms with van der Waals surface area (Å²) in [6.45, 7) is 2.08. The van der Waals surface area contributed by atoms with Gasteiger partial charge < -0.3 is 20.6 Å². The van der Waals surface area contributed by atoms with E-state index in [1.807, 2.05) is 6.26 Å². The summed E-state index contributed by atoms with van der Waals surface area (Å²) < 4.78 is 0. The Balaban J connectivity index is 2.14. The number of hydrogen-bond acceptors (Lipinski definition) is 6. The van der Waals surface area contributed by atoms with E-state index in [0.29, 0.717) is 46.4 Å². The molecule has 0 saturated heterocycles. The third-order valence-corrected chi connectivity index (χ3v) is 6.26. The van der Waals surface area contributed by atoms with Crippen molar-refractivity contribution in [3.63, 3.8) is 0 Å². The molecule has 1 aliphatic rings. The van der Waals surface area contributed by atoms with Crippen LogP contribution < -0.4 is 10.7 Å². The molecule has 0 spiro atoms. The number of nitrogens with one attached hydrogen (secondary N) is 1. The second kappa shape index (κ2) is 9.43. The van der Waals surface area contributed by atoms with E-state index >= 15 is 0 Å². The predicted octanol–water partition coefficient (Wildman–Crippen LogP) is 4.24. The lowest BCUT2D eigenvalue weighted by molar-refractivity contribution is -0.122. The third kappa shape index (κ3) is 4.41. The maximum Gasteiger partial charge on any atom is 0.220 e. The Bertz CT molecular complexity index is 1020. The monoisotopic (exact) mass is 429 g/mol. The first-order chi connectivity index (χ1) is 14.4. The van der Waals surface area contributed by atoms with Gasteiger partial charge in [-0.3, -0.25) is 9.59 Å². The molecule has 0 aromatic heterocycles. The van der Waals surface area contributed by atoms with Gasteiger partial charge in [-0.15, -0.1) is 11.8 Å². The van der Waals surface area contributed by atoms with Gasteiger partial charge in [-0.2, -0.15) is 0 Å². The van der Waals surface area contributed by atoms with Crippen molar-refractivity contribution in [2.24, 2.45) is 0 Å². The van der Waals surface area contributed by atoms with Crippen LogP contribution in [0.15, 0.2) is 34.0 Å². The Hall–Kier alpha value is -2.67. The summed E-state index contributed by atoms with van der Waals surface area (Å²) >= 11 is 1.32. The van der Waals surface area contributed by atoms with Gasteiger partial charge in [0.1, 0.15) is 0 Å². The number of unbranched alkanes of at least 4 members (excludes halogenated alkanes) is 2. The second-order valence-electron chi connectivity index (χ2n) is 7.52. The molecular weight excluding hydrogens is 402 g/mol. The fraction of sp³-hybridized carbons (Fsp3) is 0.391. The maximum absolute atomic E-state index is 12.7. The average Bonchev–Trinajstić information content (AvgIpc) is 2.95. The first kappa shape index (κ1) is 22.0. The Morgan fingerprint density at radius 3 is 2.63 bits per heavy atom. The van der Waals surface area contributed by atoms with Crippen LogP contribution in [0.3, 0.4) is 0 Å². The maximum atomic E-state index is 12.7. The minimum Gasteiger partial charge on any atom is -0.504 e. The highest BCUT2D eigenvalue weighted by Crippen LogP contribution is 2.48. The lowest BCUT2D eigenvalue weighted by Crippen LogP contribution is -2.28. The molecule has 0 saturated carbocycles. The molecule has 0 aliphatic heterocycles. The number of amides is 1. The molecular formula is C23H27NO5S. The van der Waals surface area contributed by atoms with Crippen molar-refractivity contribution >= 4 is 17.7 Å². The van der Waals surface area contributed by atoms with Gasteiger partial charge in [-0.05, 0) is 60.4 Å². The quantitative estimate of drug-likeness (QED) is 0.311. The first-order valence-corrected chi connectivity index (χ1v) is 11.4. The number of aromatic hydroxyl groups is 3. The van der Waals surface area contributed by atoms with Crippen LogP contribution in [0.25, 0.3) is 11.1 Å². The number of benzene rings is 1. The number of phenolic OH excluding ortho intramolecular Hbond substituents is 3. The summed E-state index contributed by atoms with van der Waals surface area (Å²) in [6, 6.07) is 5.94. The van der Waals surface area contributed by atoms with Crippen LogP contribution in [-0.2, 0) is 11.2 Å². The zero-order valence-electron chi connectivity index (χ0n) is 17.2. The van der Waals surface area contributed by atoms with E-state index < -0.39 is 23.3 Å². The van der Waals surface area contributed by atoms with E-state index in [1.165, 1.54) is 23.9 Å². The van der Waals surface area contributed by atoms with Crippen LogP contribution in [-0.4, -0.2) is 27.5 Å². The van der Waals surface area contributed by atoms with Crippen LogP contribution >= 0.6 is 11.8 Å². The number of carbonyl (C=O) groups is 1. The second-order valence-corrected chi connectivity index (χ2v) is 8.37. The molecule has 7 heteroatoms. The Labute approximate surface area is 180 Å². The summed E-state index contributed by atoms with van der Waals surface area (Å²) in [5.41, 5.74) is 2.02. The molecule has 2 aromatic carbocycles. The molecule has 0 bridgehead atoms. The van der Waals surface area contributed by atoms with Crippen molar-refractivity contribution < 1.29 is 20.1 Å². The van der Waals surface area contributed by atoms with Crippen LogP contribution in [0.2, 0.25) is 0 Å². The minimum atomic E-state index is -0.597. The number of fused-ring (bicyclic) bond motifs is 3. The number of hydrogen-bond donors (Lipinski definition) is 4. The van der Waals surface area contributed by atoms with Crippen LogP contribution in [0.1, 0.15) is 56.2 Å². The van der Waals surface area contributed by atoms with Gasteiger partial charge in [0.25, 0.3) is 0 Å². The fourth-order valence-corrected chi connectivity index (χ4v) is 4.38. The van der Waals surface area contributed by atoms with Gasteiger partial charge in [-0.1, -0.05) is 25.8 Å². The Morgan fingerprint density at radius 1 is 1.17 bits per heavy atom. The Morgan fingerprint density at radius 2 is 1.93 bits per heavy atom. The van der Waals surface area contributed by atoms with E-state index in [0.717, 1.165) is 19.3 Å². The van der Waals surface area contributed by atoms with Crippen LogP contribution in [0.5, 0.6) is 17.2 Å². The van der Waals surface area contributed by atoms with Crippen molar-refractivity contribution in [2.45, 2.75) is 56.4 Å². The molecule has 6 nitrogen and oxygen atoms in total. The molecule has 1 amide bonds. The topological polar surface area (TPSA) is 107 Å². The molecule has 0 unspecified atom stereocenters. The first-order valence-electron chi connectivity index (χ1n) is 10.2. The van der Waals surface area contributed by atoms with E-state index in [-0.39, 0.29) is 11.3 Å². The molecule has 1 atom stereocenters. The summed E-state index contributed by atoms with van der Waals surface area (Å²) in [5.74, 6) is -1.50. The van der Waals surface area contributed by atoms with Gasteiger partial charge in [0.2, 0.25) is 11.7 Å². The third-order valence-electron chi connectivity index (χ3n) is 5.49. The number of thioether (sulfide) groups is 1. The highest BCUT2D eigenvalue weighted by molar-refractivity contribution is 7.98. The number of carbonyl (C=O) groups excluding carboxylic acids is 1. The molecule has 3 rings (SSSR count). The molecule has 30 heavy (non-hydrogen) atoms. The van der Waals surface area contributed by atoms with E-state index in [4.69, 9.17) is 0 Å². The van der Waals surface area contributed by atoms with Crippen molar-refractivity contribution in [1.29, 1.82) is 0 Å². The SMILES string of the molecule is CCCCCC(=O)N[C@H]1CCc2cc(O)c(O)c(O)c2-c2ccc(SC)c(=O)cc21. The summed E-state index contributed by atoms with van der Waals surface area (Å²) in [6.07, 6.45) is 5.98. The smallest absolute Gasteiger partial charge is 0.220 e. The van der Waals surface area contributed by atoms with Crippen LogP contribution in [0.4, 0.5) is 0 Å². The van der Waals surface area contributed by atoms with Gasteiger partial charge >= 0.3 is 0 Å². The van der Waals surface area contributed by atoms with Gasteiger partial charge in [0, 0.05) is 12.0 Å². The summed E-state index contributed by atoms with van der Waals surface area (Å²) in [7, 11) is 0. The van der Waals surface area contributed by atoms with Crippen molar-refractivity contribution in [2.75, 3.05) is 6.26 Å². The minimum absolute atomic E-state index is 0.0793. The number of aryl methyl sites for hydroxylation is 1. The Kier molecular flexibility index (Phi) is 6.92. The molecule has 160 valence electrons. The zero-order valence-corrected chi connectivity index (χ0v) is 18.0. The molecule has 2 aromatic rings. The van der Waals surface area contributed by atoms with E-state index in [2.05, 4.69) is 12.2 Å². The largest absolute Gasteiger partial charge is 0.504 e. The van der Waals surface area contributed by atoms with Gasteiger partial charge in [0.15, 0.2) is 16.9 Å². The van der Waals surface area contributed by atoms with E-state index in [1.54, 1.807) is 12.1 Å². The normalized spacial score (nSPS) is 15.1. The lowest BCUT2D eigenvalue weighted by Gasteiger charge is -2.18. The molecule has 1 aliphatic carbocycles. The van der Waals surface area contributed by atoms with Crippen molar-refractivity contribution in [3.05, 3.63) is 45.6 Å². The predicted molar refractivity (Wildman–Crippen MR) is 118 cm³/mol. The summed E-state index contributed by atoms with van der Waals surface area (Å²) in [4.78, 5) is 25.8. The highest BCUT2D eigenvalue weighted by Gasteiger charge is 2.28. The van der Waals surface area contributed by atoms with Crippen LogP contribution in [0, 0.1) is 0 Å². The molecule has 0 radical (unpaired) electrons. The number of rotatable bonds is 6. The van der Waals surface area contributed by atoms with E-state index in [9.17, 15) is 24.9 Å². The van der Waals surface area contributed by atoms with Crippen molar-refractivity contribution in [1.82, 2.24) is 5.32 Å². The van der Waals surface area contributed by atoms with Gasteiger partial charge in [-0.25, -0.2) is 0 Å². The fourth-order valence-electron chi connectivity index (χ4n) is 3.91. The summed E-state index contributed by atoms with van der Waals surface area (Å²) in [5, 5.41) is 33.7. The molecule has 0 fully saturated rings. The highest BCUT2D eigenvalue weighted by atomic mass is 32.2. The lowest BCUT2D eigenvalue weighted by atomic mass is 9.95. The van der Waals surface area contributed by atoms with Gasteiger partial charge in [0.05, 0.1) is 10.9 Å². The van der Waals surface area contributed by atoms with Crippen molar-refractivity contribution in [3.8, 4) is 28.4 Å².